The Hall–Kier alpha value is -3.01. The Morgan fingerprint density at radius 3 is 2.12 bits per heavy atom. The van der Waals surface area contributed by atoms with Crippen LogP contribution in [0.3, 0.4) is 0 Å². The topological polar surface area (TPSA) is 62.5 Å². The Balaban J connectivity index is 1.83. The van der Waals surface area contributed by atoms with Crippen LogP contribution >= 0.6 is 0 Å². The molecule has 0 radical (unpaired) electrons. The second kappa shape index (κ2) is 8.85. The lowest BCUT2D eigenvalue weighted by Crippen LogP contribution is -2.17. The fourth-order valence-electron chi connectivity index (χ4n) is 4.06. The molecule has 3 aromatic rings. The maximum atomic E-state index is 12.8. The van der Waals surface area contributed by atoms with Crippen molar-refractivity contribution >= 4 is 11.6 Å². The molecule has 0 fully saturated rings. The van der Waals surface area contributed by atoms with Gasteiger partial charge in [0.05, 0.1) is 5.69 Å². The highest BCUT2D eigenvalue weighted by Gasteiger charge is 2.21. The van der Waals surface area contributed by atoms with Crippen molar-refractivity contribution in [1.82, 2.24) is 0 Å². The first kappa shape index (κ1) is 23.6. The van der Waals surface area contributed by atoms with Gasteiger partial charge in [-0.05, 0) is 110 Å². The van der Waals surface area contributed by atoms with E-state index < -0.39 is 0 Å². The normalized spacial score (nSPS) is 11.6. The SMILES string of the molecule is CCC(C)(C)c1ccc(O)c(NC(=O)c2ccc(Cc3c(C)c(C)c(C)c(C)c3C)o2)c1. The first-order valence-corrected chi connectivity index (χ1v) is 11.3. The molecule has 4 heteroatoms. The summed E-state index contributed by atoms with van der Waals surface area (Å²) in [4.78, 5) is 12.8. The van der Waals surface area contributed by atoms with E-state index in [9.17, 15) is 9.90 Å². The Morgan fingerprint density at radius 1 is 0.938 bits per heavy atom. The van der Waals surface area contributed by atoms with Gasteiger partial charge < -0.3 is 14.8 Å². The molecule has 0 aliphatic carbocycles. The van der Waals surface area contributed by atoms with Crippen LogP contribution in [-0.2, 0) is 11.8 Å². The van der Waals surface area contributed by atoms with E-state index in [0.717, 1.165) is 17.7 Å². The van der Waals surface area contributed by atoms with Gasteiger partial charge in [0.15, 0.2) is 5.76 Å². The van der Waals surface area contributed by atoms with Gasteiger partial charge in [-0.25, -0.2) is 0 Å². The summed E-state index contributed by atoms with van der Waals surface area (Å²) in [5, 5.41) is 13.1. The molecule has 32 heavy (non-hydrogen) atoms. The van der Waals surface area contributed by atoms with Gasteiger partial charge in [0.1, 0.15) is 11.5 Å². The first-order chi connectivity index (χ1) is 15.0. The summed E-state index contributed by atoms with van der Waals surface area (Å²) in [6.07, 6.45) is 1.59. The van der Waals surface area contributed by atoms with Crippen LogP contribution in [0.15, 0.2) is 34.7 Å². The number of aromatic hydroxyl groups is 1. The lowest BCUT2D eigenvalue weighted by Gasteiger charge is -2.24. The Bertz CT molecular complexity index is 1140. The molecule has 2 N–H and O–H groups in total. The van der Waals surface area contributed by atoms with Crippen molar-refractivity contribution < 1.29 is 14.3 Å². The van der Waals surface area contributed by atoms with Crippen molar-refractivity contribution in [2.45, 2.75) is 73.6 Å². The van der Waals surface area contributed by atoms with Crippen LogP contribution in [0.1, 0.15) is 82.5 Å². The summed E-state index contributed by atoms with van der Waals surface area (Å²) >= 11 is 0. The third-order valence-electron chi connectivity index (χ3n) is 7.30. The van der Waals surface area contributed by atoms with Crippen LogP contribution < -0.4 is 5.32 Å². The van der Waals surface area contributed by atoms with Crippen LogP contribution in [0.25, 0.3) is 0 Å². The molecule has 0 spiro atoms. The molecule has 0 bridgehead atoms. The lowest BCUT2D eigenvalue weighted by atomic mass is 9.82. The van der Waals surface area contributed by atoms with Gasteiger partial charge in [0.25, 0.3) is 5.91 Å². The van der Waals surface area contributed by atoms with Crippen molar-refractivity contribution in [3.63, 3.8) is 0 Å². The molecule has 170 valence electrons. The number of nitrogens with one attached hydrogen (secondary N) is 1. The molecule has 0 saturated carbocycles. The quantitative estimate of drug-likeness (QED) is 0.409. The van der Waals surface area contributed by atoms with E-state index in [-0.39, 0.29) is 22.8 Å². The molecule has 1 aromatic heterocycles. The minimum atomic E-state index is -0.372. The van der Waals surface area contributed by atoms with Crippen LogP contribution in [0, 0.1) is 34.6 Å². The number of phenolic OH excluding ortho intramolecular Hbond substituents is 1. The number of hydrogen-bond acceptors (Lipinski definition) is 3. The number of furan rings is 1. The Labute approximate surface area is 191 Å². The molecule has 4 nitrogen and oxygen atoms in total. The molecule has 0 atom stereocenters. The van der Waals surface area contributed by atoms with E-state index in [4.69, 9.17) is 4.42 Å². The third-order valence-corrected chi connectivity index (χ3v) is 7.30. The number of carbonyl (C=O) groups excluding carboxylic acids is 1. The maximum Gasteiger partial charge on any atom is 0.291 e. The van der Waals surface area contributed by atoms with Gasteiger partial charge in [-0.15, -0.1) is 0 Å². The predicted molar refractivity (Wildman–Crippen MR) is 131 cm³/mol. The fraction of sp³-hybridized carbons (Fsp3) is 0.393. The van der Waals surface area contributed by atoms with Gasteiger partial charge in [0, 0.05) is 6.42 Å². The van der Waals surface area contributed by atoms with Crippen molar-refractivity contribution in [3.05, 3.63) is 80.8 Å². The lowest BCUT2D eigenvalue weighted by molar-refractivity contribution is 0.0994. The van der Waals surface area contributed by atoms with Crippen molar-refractivity contribution in [2.75, 3.05) is 5.32 Å². The highest BCUT2D eigenvalue weighted by molar-refractivity contribution is 6.03. The van der Waals surface area contributed by atoms with Crippen molar-refractivity contribution in [3.8, 4) is 5.75 Å². The van der Waals surface area contributed by atoms with Gasteiger partial charge in [-0.1, -0.05) is 26.8 Å². The zero-order valence-corrected chi connectivity index (χ0v) is 20.6. The standard InChI is InChI=1S/C28H35NO3/c1-9-28(7,8)21-10-12-25(30)24(14-21)29-27(31)26-13-11-22(32-26)15-23-19(5)17(3)16(2)18(4)20(23)6/h10-14,30H,9,15H2,1-8H3,(H,29,31). The molecule has 2 aromatic carbocycles. The summed E-state index contributed by atoms with van der Waals surface area (Å²) in [5.74, 6) is 0.643. The largest absolute Gasteiger partial charge is 0.506 e. The van der Waals surface area contributed by atoms with Crippen LogP contribution in [-0.4, -0.2) is 11.0 Å². The second-order valence-electron chi connectivity index (χ2n) is 9.47. The van der Waals surface area contributed by atoms with E-state index in [1.165, 1.54) is 33.4 Å². The minimum absolute atomic E-state index is 0.0395. The van der Waals surface area contributed by atoms with Crippen LogP contribution in [0.4, 0.5) is 5.69 Å². The van der Waals surface area contributed by atoms with Gasteiger partial charge in [0.2, 0.25) is 0 Å². The molecule has 1 amide bonds. The third kappa shape index (κ3) is 4.45. The zero-order valence-electron chi connectivity index (χ0n) is 20.6. The average Bonchev–Trinajstić information content (AvgIpc) is 3.24. The molecular formula is C28H35NO3. The average molecular weight is 434 g/mol. The number of phenols is 1. The Kier molecular flexibility index (Phi) is 6.54. The summed E-state index contributed by atoms with van der Waals surface area (Å²) in [6.45, 7) is 17.2. The summed E-state index contributed by atoms with van der Waals surface area (Å²) in [7, 11) is 0. The summed E-state index contributed by atoms with van der Waals surface area (Å²) < 4.78 is 5.91. The smallest absolute Gasteiger partial charge is 0.291 e. The molecule has 0 aliphatic heterocycles. The second-order valence-corrected chi connectivity index (χ2v) is 9.47. The molecular weight excluding hydrogens is 398 g/mol. The summed E-state index contributed by atoms with van der Waals surface area (Å²) in [6, 6.07) is 8.92. The van der Waals surface area contributed by atoms with Crippen molar-refractivity contribution in [2.24, 2.45) is 0 Å². The predicted octanol–water partition coefficient (Wildman–Crippen LogP) is 7.06. The molecule has 0 unspecified atom stereocenters. The number of anilines is 1. The van der Waals surface area contributed by atoms with Crippen molar-refractivity contribution in [1.29, 1.82) is 0 Å². The van der Waals surface area contributed by atoms with E-state index in [2.05, 4.69) is 60.7 Å². The molecule has 0 saturated heterocycles. The van der Waals surface area contributed by atoms with Crippen LogP contribution in [0.5, 0.6) is 5.75 Å². The first-order valence-electron chi connectivity index (χ1n) is 11.3. The van der Waals surface area contributed by atoms with Gasteiger partial charge in [-0.3, -0.25) is 4.79 Å². The Morgan fingerprint density at radius 2 is 1.53 bits per heavy atom. The molecule has 1 heterocycles. The van der Waals surface area contributed by atoms with Gasteiger partial charge in [-0.2, -0.15) is 0 Å². The number of hydrogen-bond donors (Lipinski definition) is 2. The number of amides is 1. The highest BCUT2D eigenvalue weighted by atomic mass is 16.3. The van der Waals surface area contributed by atoms with E-state index in [1.54, 1.807) is 12.1 Å². The van der Waals surface area contributed by atoms with Crippen LogP contribution in [0.2, 0.25) is 0 Å². The van der Waals surface area contributed by atoms with E-state index >= 15 is 0 Å². The number of carbonyl (C=O) groups is 1. The number of benzene rings is 2. The minimum Gasteiger partial charge on any atom is -0.506 e. The van der Waals surface area contributed by atoms with Gasteiger partial charge >= 0.3 is 0 Å². The zero-order chi connectivity index (χ0) is 23.8. The number of rotatable bonds is 6. The summed E-state index contributed by atoms with van der Waals surface area (Å²) in [5.41, 5.74) is 9.13. The monoisotopic (exact) mass is 433 g/mol. The van der Waals surface area contributed by atoms with E-state index in [0.29, 0.717) is 12.1 Å². The molecule has 0 aliphatic rings. The fourth-order valence-corrected chi connectivity index (χ4v) is 4.06. The molecule has 3 rings (SSSR count). The van der Waals surface area contributed by atoms with E-state index in [1.807, 2.05) is 18.2 Å². The highest BCUT2D eigenvalue weighted by Crippen LogP contribution is 2.33. The maximum absolute atomic E-state index is 12.8.